The molecule has 0 saturated carbocycles. The Balaban J connectivity index is 1.59. The number of benzene rings is 1. The molecule has 0 bridgehead atoms. The average Bonchev–Trinajstić information content (AvgIpc) is 3.09. The van der Waals surface area contributed by atoms with Crippen molar-refractivity contribution in [2.75, 3.05) is 13.1 Å². The molecule has 2 aromatic heterocycles. The van der Waals surface area contributed by atoms with E-state index in [1.165, 1.54) is 4.31 Å². The summed E-state index contributed by atoms with van der Waals surface area (Å²) in [5.74, 6) is -0.173. The maximum atomic E-state index is 13.0. The van der Waals surface area contributed by atoms with Gasteiger partial charge in [-0.3, -0.25) is 9.78 Å². The molecule has 152 valence electrons. The van der Waals surface area contributed by atoms with Crippen molar-refractivity contribution in [3.05, 3.63) is 59.6 Å². The minimum atomic E-state index is -3.54. The van der Waals surface area contributed by atoms with Crippen LogP contribution in [0.1, 0.15) is 41.1 Å². The molecule has 1 saturated heterocycles. The van der Waals surface area contributed by atoms with Gasteiger partial charge in [-0.05, 0) is 50.1 Å². The lowest BCUT2D eigenvalue weighted by atomic mass is 10.1. The summed E-state index contributed by atoms with van der Waals surface area (Å²) in [6.07, 6.45) is 4.49. The minimum Gasteiger partial charge on any atom is -0.451 e. The van der Waals surface area contributed by atoms with E-state index in [4.69, 9.17) is 4.42 Å². The van der Waals surface area contributed by atoms with Crippen LogP contribution in [0.3, 0.4) is 0 Å². The zero-order chi connectivity index (χ0) is 20.4. The summed E-state index contributed by atoms with van der Waals surface area (Å²) in [6, 6.07) is 10.3. The van der Waals surface area contributed by atoms with Crippen molar-refractivity contribution in [1.82, 2.24) is 14.6 Å². The second kappa shape index (κ2) is 7.96. The smallest absolute Gasteiger partial charge is 0.287 e. The number of piperidine rings is 1. The molecule has 1 aliphatic heterocycles. The Bertz CT molecular complexity index is 1130. The third-order valence-electron chi connectivity index (χ3n) is 5.22. The lowest BCUT2D eigenvalue weighted by molar-refractivity contribution is 0.0924. The first-order chi connectivity index (χ1) is 14.0. The van der Waals surface area contributed by atoms with E-state index in [1.807, 2.05) is 18.2 Å². The highest BCUT2D eigenvalue weighted by molar-refractivity contribution is 7.89. The van der Waals surface area contributed by atoms with Gasteiger partial charge in [0.2, 0.25) is 10.0 Å². The molecule has 29 heavy (non-hydrogen) atoms. The van der Waals surface area contributed by atoms with Gasteiger partial charge >= 0.3 is 0 Å². The van der Waals surface area contributed by atoms with Crippen molar-refractivity contribution in [2.45, 2.75) is 37.6 Å². The number of rotatable bonds is 5. The average molecular weight is 413 g/mol. The Morgan fingerprint density at radius 2 is 1.97 bits per heavy atom. The molecule has 4 rings (SSSR count). The van der Waals surface area contributed by atoms with Crippen molar-refractivity contribution in [3.8, 4) is 0 Å². The number of fused-ring (bicyclic) bond motifs is 1. The van der Waals surface area contributed by atoms with Crippen LogP contribution in [-0.4, -0.2) is 36.7 Å². The fraction of sp³-hybridized carbons (Fsp3) is 0.333. The normalized spacial score (nSPS) is 15.5. The SMILES string of the molecule is Cc1c(C(=O)NCc2ccccn2)oc2ccc(S(=O)(=O)N3CCCCC3)cc12. The number of pyridine rings is 1. The van der Waals surface area contributed by atoms with Gasteiger partial charge in [0.05, 0.1) is 17.1 Å². The summed E-state index contributed by atoms with van der Waals surface area (Å²) in [5.41, 5.74) is 1.85. The van der Waals surface area contributed by atoms with Gasteiger partial charge in [-0.25, -0.2) is 8.42 Å². The number of carbonyl (C=O) groups excluding carboxylic acids is 1. The first-order valence-electron chi connectivity index (χ1n) is 9.68. The largest absolute Gasteiger partial charge is 0.451 e. The highest BCUT2D eigenvalue weighted by Gasteiger charge is 2.27. The van der Waals surface area contributed by atoms with Gasteiger partial charge in [0.1, 0.15) is 5.58 Å². The van der Waals surface area contributed by atoms with E-state index in [1.54, 1.807) is 31.3 Å². The monoisotopic (exact) mass is 413 g/mol. The zero-order valence-electron chi connectivity index (χ0n) is 16.2. The van der Waals surface area contributed by atoms with Crippen LogP contribution < -0.4 is 5.32 Å². The van der Waals surface area contributed by atoms with E-state index < -0.39 is 10.0 Å². The zero-order valence-corrected chi connectivity index (χ0v) is 17.0. The summed E-state index contributed by atoms with van der Waals surface area (Å²) in [4.78, 5) is 17.0. The van der Waals surface area contributed by atoms with E-state index in [9.17, 15) is 13.2 Å². The highest BCUT2D eigenvalue weighted by atomic mass is 32.2. The topological polar surface area (TPSA) is 92.5 Å². The first-order valence-corrected chi connectivity index (χ1v) is 11.1. The highest BCUT2D eigenvalue weighted by Crippen LogP contribution is 2.29. The van der Waals surface area contributed by atoms with Crippen LogP contribution in [0.25, 0.3) is 11.0 Å². The predicted molar refractivity (Wildman–Crippen MR) is 109 cm³/mol. The van der Waals surface area contributed by atoms with E-state index in [-0.39, 0.29) is 23.1 Å². The molecule has 0 unspecified atom stereocenters. The Morgan fingerprint density at radius 3 is 2.69 bits per heavy atom. The number of nitrogens with zero attached hydrogens (tertiary/aromatic N) is 2. The fourth-order valence-corrected chi connectivity index (χ4v) is 5.13. The minimum absolute atomic E-state index is 0.184. The summed E-state index contributed by atoms with van der Waals surface area (Å²) in [5, 5.41) is 3.42. The molecule has 1 N–H and O–H groups in total. The number of aryl methyl sites for hydroxylation is 1. The van der Waals surface area contributed by atoms with Crippen molar-refractivity contribution in [2.24, 2.45) is 0 Å². The number of sulfonamides is 1. The van der Waals surface area contributed by atoms with Gasteiger partial charge in [-0.15, -0.1) is 0 Å². The third-order valence-corrected chi connectivity index (χ3v) is 7.12. The number of nitrogens with one attached hydrogen (secondary N) is 1. The summed E-state index contributed by atoms with van der Waals surface area (Å²) in [6.45, 7) is 3.14. The second-order valence-corrected chi connectivity index (χ2v) is 9.12. The van der Waals surface area contributed by atoms with Gasteiger partial charge in [-0.2, -0.15) is 4.31 Å². The van der Waals surface area contributed by atoms with Crippen molar-refractivity contribution in [1.29, 1.82) is 0 Å². The van der Waals surface area contributed by atoms with Crippen LogP contribution in [0, 0.1) is 6.92 Å². The number of hydrogen-bond donors (Lipinski definition) is 1. The fourth-order valence-electron chi connectivity index (χ4n) is 3.59. The molecule has 1 fully saturated rings. The molecule has 0 spiro atoms. The molecule has 0 atom stereocenters. The lowest BCUT2D eigenvalue weighted by Gasteiger charge is -2.25. The molecule has 8 heteroatoms. The van der Waals surface area contributed by atoms with Gasteiger partial charge in [0.25, 0.3) is 5.91 Å². The van der Waals surface area contributed by atoms with Gasteiger partial charge in [-0.1, -0.05) is 12.5 Å². The van der Waals surface area contributed by atoms with Crippen molar-refractivity contribution < 1.29 is 17.6 Å². The third kappa shape index (κ3) is 3.90. The Labute approximate surface area is 169 Å². The number of aromatic nitrogens is 1. The number of hydrogen-bond acceptors (Lipinski definition) is 5. The Kier molecular flexibility index (Phi) is 5.38. The maximum absolute atomic E-state index is 13.0. The summed E-state index contributed by atoms with van der Waals surface area (Å²) < 4.78 is 33.2. The van der Waals surface area contributed by atoms with Crippen LogP contribution in [0.2, 0.25) is 0 Å². The molecule has 1 aromatic carbocycles. The second-order valence-electron chi connectivity index (χ2n) is 7.18. The first kappa shape index (κ1) is 19.6. The quantitative estimate of drug-likeness (QED) is 0.693. The van der Waals surface area contributed by atoms with Crippen molar-refractivity contribution >= 4 is 26.9 Å². The van der Waals surface area contributed by atoms with Crippen LogP contribution in [-0.2, 0) is 16.6 Å². The molecule has 0 radical (unpaired) electrons. The number of amides is 1. The van der Waals surface area contributed by atoms with E-state index >= 15 is 0 Å². The molecule has 1 amide bonds. The molecule has 7 nitrogen and oxygen atoms in total. The van der Waals surface area contributed by atoms with Crippen LogP contribution in [0.5, 0.6) is 0 Å². The predicted octanol–water partition coefficient (Wildman–Crippen LogP) is 3.24. The van der Waals surface area contributed by atoms with Crippen LogP contribution in [0.4, 0.5) is 0 Å². The molecule has 0 aliphatic carbocycles. The summed E-state index contributed by atoms with van der Waals surface area (Å²) >= 11 is 0. The van der Waals surface area contributed by atoms with E-state index in [0.29, 0.717) is 29.6 Å². The van der Waals surface area contributed by atoms with Crippen LogP contribution >= 0.6 is 0 Å². The van der Waals surface area contributed by atoms with Crippen LogP contribution in [0.15, 0.2) is 51.9 Å². The molecule has 3 heterocycles. The molecular formula is C21H23N3O4S. The molecular weight excluding hydrogens is 390 g/mol. The van der Waals surface area contributed by atoms with E-state index in [2.05, 4.69) is 10.3 Å². The van der Waals surface area contributed by atoms with Gasteiger partial charge in [0.15, 0.2) is 5.76 Å². The standard InChI is InChI=1S/C21H23N3O4S/c1-15-18-13-17(29(26,27)24-11-5-2-6-12-24)8-9-19(18)28-20(15)21(25)23-14-16-7-3-4-10-22-16/h3-4,7-10,13H,2,5-6,11-12,14H2,1H3,(H,23,25). The van der Waals surface area contributed by atoms with Gasteiger partial charge < -0.3 is 9.73 Å². The molecule has 1 aliphatic rings. The lowest BCUT2D eigenvalue weighted by Crippen LogP contribution is -2.35. The van der Waals surface area contributed by atoms with Crippen molar-refractivity contribution in [3.63, 3.8) is 0 Å². The number of furan rings is 1. The Morgan fingerprint density at radius 1 is 1.17 bits per heavy atom. The Hall–Kier alpha value is -2.71. The maximum Gasteiger partial charge on any atom is 0.287 e. The van der Waals surface area contributed by atoms with Gasteiger partial charge in [0, 0.05) is 30.2 Å². The number of carbonyl (C=O) groups is 1. The molecule has 3 aromatic rings. The summed E-state index contributed by atoms with van der Waals surface area (Å²) in [7, 11) is -3.54. The van der Waals surface area contributed by atoms with E-state index in [0.717, 1.165) is 25.0 Å².